The molecule has 3 aromatic rings. The molecular formula is C18H15FN2O3. The maximum atomic E-state index is 13.4. The third-order valence-corrected chi connectivity index (χ3v) is 3.71. The van der Waals surface area contributed by atoms with Crippen LogP contribution in [0.5, 0.6) is 5.75 Å². The van der Waals surface area contributed by atoms with Crippen molar-refractivity contribution in [3.8, 4) is 5.75 Å². The van der Waals surface area contributed by atoms with Gasteiger partial charge in [0.05, 0.1) is 12.7 Å². The topological polar surface area (TPSA) is 71.2 Å². The van der Waals surface area contributed by atoms with Gasteiger partial charge in [0.1, 0.15) is 11.6 Å². The van der Waals surface area contributed by atoms with Gasteiger partial charge in [0.2, 0.25) is 0 Å². The Morgan fingerprint density at radius 2 is 1.92 bits per heavy atom. The lowest BCUT2D eigenvalue weighted by Gasteiger charge is -2.05. The van der Waals surface area contributed by atoms with Crippen LogP contribution in [-0.2, 0) is 11.3 Å². The van der Waals surface area contributed by atoms with E-state index in [0.717, 1.165) is 5.56 Å². The number of fused-ring (bicyclic) bond motifs is 1. The third kappa shape index (κ3) is 3.12. The van der Waals surface area contributed by atoms with Gasteiger partial charge in [-0.15, -0.1) is 0 Å². The molecule has 0 aliphatic carbocycles. The van der Waals surface area contributed by atoms with Gasteiger partial charge in [-0.25, -0.2) is 4.39 Å². The zero-order valence-corrected chi connectivity index (χ0v) is 12.9. The molecule has 3 rings (SSSR count). The van der Waals surface area contributed by atoms with Crippen LogP contribution in [-0.4, -0.2) is 23.8 Å². The second-order valence-corrected chi connectivity index (χ2v) is 5.25. The van der Waals surface area contributed by atoms with E-state index in [1.165, 1.54) is 24.4 Å². The van der Waals surface area contributed by atoms with Crippen LogP contribution in [0.1, 0.15) is 15.9 Å². The Morgan fingerprint density at radius 1 is 1.17 bits per heavy atom. The number of halogens is 1. The summed E-state index contributed by atoms with van der Waals surface area (Å²) >= 11 is 0. The van der Waals surface area contributed by atoms with Crippen LogP contribution in [0.3, 0.4) is 0 Å². The first-order valence-electron chi connectivity index (χ1n) is 7.30. The molecule has 0 spiro atoms. The first kappa shape index (κ1) is 15.7. The zero-order chi connectivity index (χ0) is 17.1. The summed E-state index contributed by atoms with van der Waals surface area (Å²) in [5, 5.41) is 2.96. The Morgan fingerprint density at radius 3 is 2.62 bits per heavy atom. The van der Waals surface area contributed by atoms with E-state index in [9.17, 15) is 14.0 Å². The summed E-state index contributed by atoms with van der Waals surface area (Å²) in [7, 11) is 1.57. The van der Waals surface area contributed by atoms with Crippen molar-refractivity contribution in [3.63, 3.8) is 0 Å². The van der Waals surface area contributed by atoms with Gasteiger partial charge in [-0.2, -0.15) is 0 Å². The number of benzene rings is 2. The number of hydrogen-bond donors (Lipinski definition) is 2. The molecule has 5 nitrogen and oxygen atoms in total. The summed E-state index contributed by atoms with van der Waals surface area (Å²) in [6.07, 6.45) is 1.42. The summed E-state index contributed by atoms with van der Waals surface area (Å²) in [6.45, 7) is 0.214. The smallest absolute Gasteiger partial charge is 0.292 e. The maximum absolute atomic E-state index is 13.4. The Balaban J connectivity index is 1.71. The van der Waals surface area contributed by atoms with Crippen molar-refractivity contribution in [1.29, 1.82) is 0 Å². The summed E-state index contributed by atoms with van der Waals surface area (Å²) in [5.74, 6) is -1.20. The van der Waals surface area contributed by atoms with Crippen LogP contribution in [0.25, 0.3) is 10.9 Å². The Labute approximate surface area is 137 Å². The molecule has 122 valence electrons. The van der Waals surface area contributed by atoms with E-state index in [2.05, 4.69) is 10.3 Å². The molecule has 0 saturated carbocycles. The number of ether oxygens (including phenoxy) is 1. The quantitative estimate of drug-likeness (QED) is 0.559. The lowest BCUT2D eigenvalue weighted by molar-refractivity contribution is -0.117. The fourth-order valence-electron chi connectivity index (χ4n) is 2.41. The predicted octanol–water partition coefficient (Wildman–Crippen LogP) is 2.81. The summed E-state index contributed by atoms with van der Waals surface area (Å²) in [4.78, 5) is 27.2. The van der Waals surface area contributed by atoms with Gasteiger partial charge in [0, 0.05) is 23.6 Å². The fourth-order valence-corrected chi connectivity index (χ4v) is 2.41. The van der Waals surface area contributed by atoms with Crippen LogP contribution in [0.4, 0.5) is 4.39 Å². The number of hydrogen-bond acceptors (Lipinski definition) is 3. The van der Waals surface area contributed by atoms with Crippen molar-refractivity contribution < 1.29 is 18.7 Å². The van der Waals surface area contributed by atoms with Crippen molar-refractivity contribution in [2.24, 2.45) is 0 Å². The van der Waals surface area contributed by atoms with Gasteiger partial charge in [-0.05, 0) is 35.9 Å². The number of carbonyl (C=O) groups excluding carboxylic acids is 2. The second kappa shape index (κ2) is 6.54. The molecule has 0 saturated heterocycles. The van der Waals surface area contributed by atoms with Gasteiger partial charge < -0.3 is 15.0 Å². The van der Waals surface area contributed by atoms with Crippen LogP contribution in [0.2, 0.25) is 0 Å². The largest absolute Gasteiger partial charge is 0.497 e. The number of Topliss-reactive ketones (excluding diaryl/α,β-unsaturated/α-hetero) is 1. The molecule has 1 amide bonds. The lowest BCUT2D eigenvalue weighted by Crippen LogP contribution is -2.30. The minimum Gasteiger partial charge on any atom is -0.497 e. The number of aromatic amines is 1. The van der Waals surface area contributed by atoms with Crippen molar-refractivity contribution in [2.45, 2.75) is 6.54 Å². The zero-order valence-electron chi connectivity index (χ0n) is 12.9. The van der Waals surface area contributed by atoms with E-state index >= 15 is 0 Å². The molecule has 1 aromatic heterocycles. The predicted molar refractivity (Wildman–Crippen MR) is 87.4 cm³/mol. The minimum absolute atomic E-state index is 0.150. The highest BCUT2D eigenvalue weighted by Gasteiger charge is 2.20. The Hall–Kier alpha value is -3.15. The number of rotatable bonds is 5. The first-order valence-corrected chi connectivity index (χ1v) is 7.30. The average molecular weight is 326 g/mol. The summed E-state index contributed by atoms with van der Waals surface area (Å²) < 4.78 is 18.4. The highest BCUT2D eigenvalue weighted by Crippen LogP contribution is 2.20. The molecule has 6 heteroatoms. The molecule has 0 bridgehead atoms. The standard InChI is InChI=1S/C18H15FN2O3/c1-24-13-5-2-11(3-6-13)9-21-18(23)17(22)15-10-20-16-7-4-12(19)8-14(15)16/h2-8,10,20H,9H2,1H3,(H,21,23). The molecule has 24 heavy (non-hydrogen) atoms. The number of amides is 1. The van der Waals surface area contributed by atoms with E-state index in [0.29, 0.717) is 16.7 Å². The van der Waals surface area contributed by atoms with Crippen molar-refractivity contribution in [3.05, 3.63) is 65.6 Å². The number of nitrogens with one attached hydrogen (secondary N) is 2. The molecule has 0 aliphatic rings. The number of ketones is 1. The molecular weight excluding hydrogens is 311 g/mol. The van der Waals surface area contributed by atoms with Gasteiger partial charge in [-0.3, -0.25) is 9.59 Å². The minimum atomic E-state index is -0.740. The monoisotopic (exact) mass is 326 g/mol. The van der Waals surface area contributed by atoms with Crippen molar-refractivity contribution >= 4 is 22.6 Å². The molecule has 0 fully saturated rings. The van der Waals surface area contributed by atoms with E-state index in [1.54, 1.807) is 31.4 Å². The molecule has 0 aliphatic heterocycles. The highest BCUT2D eigenvalue weighted by molar-refractivity contribution is 6.44. The highest BCUT2D eigenvalue weighted by atomic mass is 19.1. The van der Waals surface area contributed by atoms with Gasteiger partial charge >= 0.3 is 0 Å². The van der Waals surface area contributed by atoms with E-state index in [-0.39, 0.29) is 12.1 Å². The van der Waals surface area contributed by atoms with Gasteiger partial charge in [0.25, 0.3) is 11.7 Å². The van der Waals surface area contributed by atoms with Gasteiger partial charge in [-0.1, -0.05) is 12.1 Å². The van der Waals surface area contributed by atoms with Crippen molar-refractivity contribution in [1.82, 2.24) is 10.3 Å². The fraction of sp³-hybridized carbons (Fsp3) is 0.111. The van der Waals surface area contributed by atoms with E-state index in [4.69, 9.17) is 4.74 Å². The maximum Gasteiger partial charge on any atom is 0.292 e. The van der Waals surface area contributed by atoms with Crippen molar-refractivity contribution in [2.75, 3.05) is 7.11 Å². The van der Waals surface area contributed by atoms with Crippen LogP contribution in [0.15, 0.2) is 48.7 Å². The average Bonchev–Trinajstić information content (AvgIpc) is 3.02. The number of carbonyl (C=O) groups is 2. The molecule has 0 unspecified atom stereocenters. The molecule has 0 atom stereocenters. The number of methoxy groups -OCH3 is 1. The summed E-state index contributed by atoms with van der Waals surface area (Å²) in [6, 6.07) is 11.2. The number of aromatic nitrogens is 1. The Kier molecular flexibility index (Phi) is 4.29. The van der Waals surface area contributed by atoms with E-state index < -0.39 is 17.5 Å². The molecule has 2 N–H and O–H groups in total. The normalized spacial score (nSPS) is 10.6. The lowest BCUT2D eigenvalue weighted by atomic mass is 10.1. The van der Waals surface area contributed by atoms with Crippen LogP contribution >= 0.6 is 0 Å². The van der Waals surface area contributed by atoms with E-state index in [1.807, 2.05) is 0 Å². The first-order chi connectivity index (χ1) is 11.6. The van der Waals surface area contributed by atoms with Gasteiger partial charge in [0.15, 0.2) is 0 Å². The molecule has 0 radical (unpaired) electrons. The van der Waals surface area contributed by atoms with Crippen LogP contribution < -0.4 is 10.1 Å². The third-order valence-electron chi connectivity index (χ3n) is 3.71. The van der Waals surface area contributed by atoms with Crippen LogP contribution in [0, 0.1) is 5.82 Å². The Bertz CT molecular complexity index is 900. The SMILES string of the molecule is COc1ccc(CNC(=O)C(=O)c2c[nH]c3ccc(F)cc23)cc1. The number of H-pyrrole nitrogens is 1. The second-order valence-electron chi connectivity index (χ2n) is 5.25. The summed E-state index contributed by atoms with van der Waals surface area (Å²) in [5.41, 5.74) is 1.58. The molecule has 2 aromatic carbocycles. The molecule has 1 heterocycles.